The first-order chi connectivity index (χ1) is 7.99. The zero-order valence-electron chi connectivity index (χ0n) is 9.84. The number of hydrogen-bond acceptors (Lipinski definition) is 2. The first kappa shape index (κ1) is 14.2. The van der Waals surface area contributed by atoms with E-state index in [4.69, 9.17) is 11.6 Å². The van der Waals surface area contributed by atoms with E-state index in [0.717, 1.165) is 6.54 Å². The summed E-state index contributed by atoms with van der Waals surface area (Å²) in [5.41, 5.74) is 0.637. The van der Waals surface area contributed by atoms with Crippen LogP contribution >= 0.6 is 11.6 Å². The maximum Gasteiger partial charge on any atom is 0.387 e. The van der Waals surface area contributed by atoms with Crippen LogP contribution in [0.25, 0.3) is 0 Å². The van der Waals surface area contributed by atoms with Gasteiger partial charge in [-0.15, -0.1) is 0 Å². The van der Waals surface area contributed by atoms with Crippen molar-refractivity contribution in [2.75, 3.05) is 6.54 Å². The Morgan fingerprint density at radius 2 is 2.06 bits per heavy atom. The minimum absolute atomic E-state index is 0.167. The smallest absolute Gasteiger partial charge is 0.387 e. The van der Waals surface area contributed by atoms with Gasteiger partial charge in [-0.1, -0.05) is 25.4 Å². The summed E-state index contributed by atoms with van der Waals surface area (Å²) in [5.74, 6) is 0.661. The van der Waals surface area contributed by atoms with E-state index in [-0.39, 0.29) is 5.75 Å². The molecular formula is C12H16ClF2NO. The van der Waals surface area contributed by atoms with Crippen LogP contribution in [0.2, 0.25) is 5.02 Å². The highest BCUT2D eigenvalue weighted by molar-refractivity contribution is 6.30. The molecule has 0 atom stereocenters. The van der Waals surface area contributed by atoms with Crippen molar-refractivity contribution in [3.63, 3.8) is 0 Å². The lowest BCUT2D eigenvalue weighted by Crippen LogP contribution is -2.19. The van der Waals surface area contributed by atoms with Gasteiger partial charge in [0, 0.05) is 17.1 Å². The SMILES string of the molecule is CC(C)CNCc1cc(Cl)ccc1OC(F)F. The number of alkyl halides is 2. The molecule has 0 aromatic heterocycles. The second-order valence-electron chi connectivity index (χ2n) is 4.16. The van der Waals surface area contributed by atoms with Crippen molar-refractivity contribution in [3.8, 4) is 5.75 Å². The van der Waals surface area contributed by atoms with Crippen LogP contribution in [0.1, 0.15) is 19.4 Å². The molecule has 0 fully saturated rings. The van der Waals surface area contributed by atoms with Gasteiger partial charge in [0.05, 0.1) is 0 Å². The van der Waals surface area contributed by atoms with Gasteiger partial charge in [-0.05, 0) is 30.7 Å². The van der Waals surface area contributed by atoms with Crippen LogP contribution in [0, 0.1) is 5.92 Å². The fourth-order valence-electron chi connectivity index (χ4n) is 1.39. The van der Waals surface area contributed by atoms with Gasteiger partial charge in [-0.3, -0.25) is 0 Å². The highest BCUT2D eigenvalue weighted by Gasteiger charge is 2.10. The summed E-state index contributed by atoms with van der Waals surface area (Å²) in [4.78, 5) is 0. The van der Waals surface area contributed by atoms with Gasteiger partial charge in [0.2, 0.25) is 0 Å². The number of rotatable bonds is 6. The van der Waals surface area contributed by atoms with Gasteiger partial charge >= 0.3 is 6.61 Å². The highest BCUT2D eigenvalue weighted by atomic mass is 35.5. The Morgan fingerprint density at radius 1 is 1.35 bits per heavy atom. The second-order valence-corrected chi connectivity index (χ2v) is 4.59. The summed E-state index contributed by atoms with van der Waals surface area (Å²) in [6.45, 7) is 2.59. The van der Waals surface area contributed by atoms with Gasteiger partial charge < -0.3 is 10.1 Å². The zero-order chi connectivity index (χ0) is 12.8. The Bertz CT molecular complexity index is 358. The molecule has 1 aromatic carbocycles. The van der Waals surface area contributed by atoms with Crippen molar-refractivity contribution in [2.24, 2.45) is 5.92 Å². The third kappa shape index (κ3) is 5.33. The van der Waals surface area contributed by atoms with E-state index in [1.54, 1.807) is 6.07 Å². The average Bonchev–Trinajstić information content (AvgIpc) is 2.21. The summed E-state index contributed by atoms with van der Waals surface area (Å²) in [5, 5.41) is 3.67. The number of halogens is 3. The molecule has 0 unspecified atom stereocenters. The van der Waals surface area contributed by atoms with Crippen molar-refractivity contribution in [3.05, 3.63) is 28.8 Å². The zero-order valence-corrected chi connectivity index (χ0v) is 10.6. The minimum atomic E-state index is -2.82. The Hall–Kier alpha value is -0.870. The molecule has 1 N–H and O–H groups in total. The second kappa shape index (κ2) is 6.77. The summed E-state index contributed by atoms with van der Waals surface area (Å²) in [6, 6.07) is 4.62. The van der Waals surface area contributed by atoms with E-state index in [2.05, 4.69) is 23.9 Å². The van der Waals surface area contributed by atoms with Crippen molar-refractivity contribution < 1.29 is 13.5 Å². The normalized spacial score (nSPS) is 11.2. The molecule has 0 aliphatic rings. The van der Waals surface area contributed by atoms with E-state index in [0.29, 0.717) is 23.0 Å². The van der Waals surface area contributed by atoms with Crippen LogP contribution in [-0.4, -0.2) is 13.2 Å². The summed E-state index contributed by atoms with van der Waals surface area (Å²) < 4.78 is 28.8. The molecule has 0 spiro atoms. The van der Waals surface area contributed by atoms with E-state index in [1.807, 2.05) is 0 Å². The molecule has 5 heteroatoms. The van der Waals surface area contributed by atoms with Crippen molar-refractivity contribution >= 4 is 11.6 Å². The van der Waals surface area contributed by atoms with Gasteiger partial charge in [0.15, 0.2) is 0 Å². The number of benzene rings is 1. The minimum Gasteiger partial charge on any atom is -0.434 e. The van der Waals surface area contributed by atoms with Gasteiger partial charge in [-0.2, -0.15) is 8.78 Å². The molecule has 0 saturated carbocycles. The standard InChI is InChI=1S/C12H16ClF2NO/c1-8(2)6-16-7-9-5-10(13)3-4-11(9)17-12(14)15/h3-5,8,12,16H,6-7H2,1-2H3. The molecule has 0 aliphatic heterocycles. The number of nitrogens with one attached hydrogen (secondary N) is 1. The molecule has 1 aromatic rings. The monoisotopic (exact) mass is 263 g/mol. The van der Waals surface area contributed by atoms with E-state index in [9.17, 15) is 8.78 Å². The lowest BCUT2D eigenvalue weighted by Gasteiger charge is -2.12. The van der Waals surface area contributed by atoms with Crippen LogP contribution in [0.5, 0.6) is 5.75 Å². The maximum absolute atomic E-state index is 12.2. The van der Waals surface area contributed by atoms with Crippen molar-refractivity contribution in [1.82, 2.24) is 5.32 Å². The van der Waals surface area contributed by atoms with Crippen LogP contribution in [0.3, 0.4) is 0 Å². The molecule has 0 aliphatic carbocycles. The topological polar surface area (TPSA) is 21.3 Å². The Kier molecular flexibility index (Phi) is 5.65. The first-order valence-electron chi connectivity index (χ1n) is 5.43. The summed E-state index contributed by atoms with van der Waals surface area (Å²) in [7, 11) is 0. The summed E-state index contributed by atoms with van der Waals surface area (Å²) in [6.07, 6.45) is 0. The Labute approximate surface area is 105 Å². The van der Waals surface area contributed by atoms with Crippen LogP contribution in [-0.2, 0) is 6.54 Å². The Balaban J connectivity index is 2.69. The average molecular weight is 264 g/mol. The molecule has 0 amide bonds. The maximum atomic E-state index is 12.2. The van der Waals surface area contributed by atoms with E-state index < -0.39 is 6.61 Å². The molecule has 0 radical (unpaired) electrons. The molecule has 0 heterocycles. The fourth-order valence-corrected chi connectivity index (χ4v) is 1.59. The summed E-state index contributed by atoms with van der Waals surface area (Å²) >= 11 is 5.82. The van der Waals surface area contributed by atoms with Crippen molar-refractivity contribution in [1.29, 1.82) is 0 Å². The largest absolute Gasteiger partial charge is 0.434 e. The van der Waals surface area contributed by atoms with Gasteiger partial charge in [0.1, 0.15) is 5.75 Å². The van der Waals surface area contributed by atoms with E-state index >= 15 is 0 Å². The molecule has 0 bridgehead atoms. The van der Waals surface area contributed by atoms with Gasteiger partial charge in [-0.25, -0.2) is 0 Å². The molecule has 0 saturated heterocycles. The molecule has 2 nitrogen and oxygen atoms in total. The fraction of sp³-hybridized carbons (Fsp3) is 0.500. The quantitative estimate of drug-likeness (QED) is 0.845. The third-order valence-electron chi connectivity index (χ3n) is 2.11. The number of hydrogen-bond donors (Lipinski definition) is 1. The predicted molar refractivity (Wildman–Crippen MR) is 64.6 cm³/mol. The van der Waals surface area contributed by atoms with Crippen LogP contribution in [0.15, 0.2) is 18.2 Å². The molecule has 17 heavy (non-hydrogen) atoms. The first-order valence-corrected chi connectivity index (χ1v) is 5.80. The van der Waals surface area contributed by atoms with Gasteiger partial charge in [0.25, 0.3) is 0 Å². The predicted octanol–water partition coefficient (Wildman–Crippen LogP) is 3.69. The van der Waals surface area contributed by atoms with Crippen LogP contribution < -0.4 is 10.1 Å². The lowest BCUT2D eigenvalue weighted by atomic mass is 10.2. The molecule has 1 rings (SSSR count). The molecular weight excluding hydrogens is 248 g/mol. The Morgan fingerprint density at radius 3 is 2.65 bits per heavy atom. The molecule has 96 valence electrons. The third-order valence-corrected chi connectivity index (χ3v) is 2.34. The highest BCUT2D eigenvalue weighted by Crippen LogP contribution is 2.24. The lowest BCUT2D eigenvalue weighted by molar-refractivity contribution is -0.0505. The van der Waals surface area contributed by atoms with E-state index in [1.165, 1.54) is 12.1 Å². The van der Waals surface area contributed by atoms with Crippen molar-refractivity contribution in [2.45, 2.75) is 27.0 Å². The number of ether oxygens (including phenoxy) is 1. The van der Waals surface area contributed by atoms with Crippen LogP contribution in [0.4, 0.5) is 8.78 Å².